The maximum atomic E-state index is 13.5. The first-order chi connectivity index (χ1) is 14.0. The van der Waals surface area contributed by atoms with Gasteiger partial charge in [-0.15, -0.1) is 0 Å². The topological polar surface area (TPSA) is 60.2 Å². The van der Waals surface area contributed by atoms with E-state index >= 15 is 0 Å². The van der Waals surface area contributed by atoms with Gasteiger partial charge in [-0.25, -0.2) is 4.98 Å². The van der Waals surface area contributed by atoms with Crippen LogP contribution in [0.15, 0.2) is 48.7 Å². The lowest BCUT2D eigenvalue weighted by Gasteiger charge is -2.19. The average Bonchev–Trinajstić information content (AvgIpc) is 3.30. The van der Waals surface area contributed by atoms with E-state index in [2.05, 4.69) is 5.10 Å². The number of carbonyl (C=O) groups is 1. The van der Waals surface area contributed by atoms with Gasteiger partial charge in [0.2, 0.25) is 0 Å². The molecule has 6 nitrogen and oxygen atoms in total. The van der Waals surface area contributed by atoms with E-state index < -0.39 is 0 Å². The number of methoxy groups -OCH3 is 1. The van der Waals surface area contributed by atoms with E-state index in [1.165, 1.54) is 11.3 Å². The summed E-state index contributed by atoms with van der Waals surface area (Å²) in [5, 5.41) is 5.48. The molecule has 0 aliphatic heterocycles. The first-order valence-corrected chi connectivity index (χ1v) is 10.2. The number of ether oxygens (including phenoxy) is 1. The van der Waals surface area contributed by atoms with Crippen LogP contribution in [0.1, 0.15) is 21.6 Å². The number of hydrogen-bond donors (Lipinski definition) is 0. The van der Waals surface area contributed by atoms with Crippen LogP contribution >= 0.6 is 22.9 Å². The Labute approximate surface area is 177 Å². The first-order valence-electron chi connectivity index (χ1n) is 8.97. The van der Waals surface area contributed by atoms with Crippen molar-refractivity contribution in [3.8, 4) is 5.75 Å². The number of anilines is 1. The number of amides is 1. The summed E-state index contributed by atoms with van der Waals surface area (Å²) >= 11 is 7.75. The number of thiazole rings is 1. The van der Waals surface area contributed by atoms with Crippen molar-refractivity contribution in [1.82, 2.24) is 14.8 Å². The van der Waals surface area contributed by atoms with Crippen molar-refractivity contribution in [2.45, 2.75) is 13.5 Å². The number of carbonyl (C=O) groups excluding carboxylic acids is 1. The number of rotatable bonds is 5. The van der Waals surface area contributed by atoms with Gasteiger partial charge >= 0.3 is 0 Å². The molecule has 0 bridgehead atoms. The lowest BCUT2D eigenvalue weighted by Crippen LogP contribution is -2.31. The van der Waals surface area contributed by atoms with Crippen LogP contribution in [0.2, 0.25) is 5.02 Å². The minimum atomic E-state index is -0.207. The van der Waals surface area contributed by atoms with E-state index in [9.17, 15) is 4.79 Å². The summed E-state index contributed by atoms with van der Waals surface area (Å²) in [6, 6.07) is 13.3. The standard InChI is InChI=1S/C21H19ClN4O2S/c1-13-11-25(2)24-17(13)20(27)26(12-14-7-5-4-6-8-14)21-23-18-16(28-3)10-9-15(22)19(18)29-21/h4-11H,12H2,1-3H3. The second-order valence-corrected chi connectivity index (χ2v) is 8.02. The van der Waals surface area contributed by atoms with Crippen LogP contribution in [-0.2, 0) is 13.6 Å². The predicted molar refractivity (Wildman–Crippen MR) is 116 cm³/mol. The molecule has 1 amide bonds. The SMILES string of the molecule is COc1ccc(Cl)c2sc(N(Cc3ccccc3)C(=O)c3nn(C)cc3C)nc12. The van der Waals surface area contributed by atoms with Gasteiger partial charge in [0.1, 0.15) is 11.3 Å². The molecular formula is C21H19ClN4O2S. The van der Waals surface area contributed by atoms with E-state index in [4.69, 9.17) is 21.3 Å². The Morgan fingerprint density at radius 2 is 2.00 bits per heavy atom. The fourth-order valence-electron chi connectivity index (χ4n) is 3.16. The van der Waals surface area contributed by atoms with Crippen LogP contribution in [0.3, 0.4) is 0 Å². The number of aryl methyl sites for hydroxylation is 2. The van der Waals surface area contributed by atoms with Crippen molar-refractivity contribution in [2.75, 3.05) is 12.0 Å². The second-order valence-electron chi connectivity index (χ2n) is 6.64. The fourth-order valence-corrected chi connectivity index (χ4v) is 4.41. The quantitative estimate of drug-likeness (QED) is 0.457. The summed E-state index contributed by atoms with van der Waals surface area (Å²) in [6.07, 6.45) is 1.83. The van der Waals surface area contributed by atoms with E-state index in [0.29, 0.717) is 33.7 Å². The Bertz CT molecular complexity index is 1190. The molecule has 2 aromatic carbocycles. The highest BCUT2D eigenvalue weighted by molar-refractivity contribution is 7.23. The van der Waals surface area contributed by atoms with Gasteiger partial charge in [-0.3, -0.25) is 14.4 Å². The third-order valence-corrected chi connectivity index (χ3v) is 6.08. The number of fused-ring (bicyclic) bond motifs is 1. The molecule has 0 atom stereocenters. The summed E-state index contributed by atoms with van der Waals surface area (Å²) in [7, 11) is 3.39. The van der Waals surface area contributed by atoms with E-state index in [0.717, 1.165) is 15.8 Å². The smallest absolute Gasteiger partial charge is 0.281 e. The number of halogens is 1. The molecule has 2 heterocycles. The van der Waals surface area contributed by atoms with Crippen LogP contribution in [0, 0.1) is 6.92 Å². The van der Waals surface area contributed by atoms with Gasteiger partial charge in [-0.05, 0) is 24.6 Å². The normalized spacial score (nSPS) is 11.0. The lowest BCUT2D eigenvalue weighted by molar-refractivity contribution is 0.0979. The van der Waals surface area contributed by atoms with Gasteiger partial charge in [-0.2, -0.15) is 5.10 Å². The molecule has 29 heavy (non-hydrogen) atoms. The molecule has 0 N–H and O–H groups in total. The van der Waals surface area contributed by atoms with Gasteiger partial charge in [0.25, 0.3) is 5.91 Å². The molecule has 0 aliphatic carbocycles. The average molecular weight is 427 g/mol. The van der Waals surface area contributed by atoms with Crippen LogP contribution in [0.5, 0.6) is 5.75 Å². The zero-order valence-corrected chi connectivity index (χ0v) is 17.8. The zero-order chi connectivity index (χ0) is 20.5. The highest BCUT2D eigenvalue weighted by Gasteiger charge is 2.26. The molecule has 4 rings (SSSR count). The van der Waals surface area contributed by atoms with Crippen molar-refractivity contribution in [3.63, 3.8) is 0 Å². The Kier molecular flexibility index (Phi) is 5.25. The van der Waals surface area contributed by atoms with Crippen LogP contribution in [-0.4, -0.2) is 27.8 Å². The fraction of sp³-hybridized carbons (Fsp3) is 0.190. The van der Waals surface area contributed by atoms with Crippen molar-refractivity contribution >= 4 is 44.2 Å². The third kappa shape index (κ3) is 3.71. The Morgan fingerprint density at radius 3 is 2.66 bits per heavy atom. The summed E-state index contributed by atoms with van der Waals surface area (Å²) in [5.74, 6) is 0.411. The number of nitrogens with zero attached hydrogens (tertiary/aromatic N) is 4. The Morgan fingerprint density at radius 1 is 1.24 bits per heavy atom. The number of benzene rings is 2. The summed E-state index contributed by atoms with van der Waals surface area (Å²) in [5.41, 5.74) is 2.85. The van der Waals surface area contributed by atoms with Crippen molar-refractivity contribution in [3.05, 3.63) is 70.5 Å². The van der Waals surface area contributed by atoms with E-state index in [1.807, 2.05) is 43.5 Å². The van der Waals surface area contributed by atoms with Gasteiger partial charge in [-0.1, -0.05) is 53.3 Å². The maximum Gasteiger partial charge on any atom is 0.281 e. The molecular weight excluding hydrogens is 408 g/mol. The summed E-state index contributed by atoms with van der Waals surface area (Å²) < 4.78 is 7.85. The molecule has 0 aliphatic rings. The van der Waals surface area contributed by atoms with Crippen LogP contribution < -0.4 is 9.64 Å². The van der Waals surface area contributed by atoms with Gasteiger partial charge in [0.15, 0.2) is 10.8 Å². The van der Waals surface area contributed by atoms with Gasteiger partial charge in [0.05, 0.1) is 23.4 Å². The minimum absolute atomic E-state index is 0.207. The highest BCUT2D eigenvalue weighted by atomic mass is 35.5. The van der Waals surface area contributed by atoms with Crippen LogP contribution in [0.4, 0.5) is 5.13 Å². The maximum absolute atomic E-state index is 13.5. The molecule has 148 valence electrons. The monoisotopic (exact) mass is 426 g/mol. The molecule has 0 spiro atoms. The molecule has 0 saturated carbocycles. The first kappa shape index (κ1) is 19.4. The van der Waals surface area contributed by atoms with E-state index in [-0.39, 0.29) is 5.91 Å². The largest absolute Gasteiger partial charge is 0.494 e. The van der Waals surface area contributed by atoms with Crippen LogP contribution in [0.25, 0.3) is 10.2 Å². The summed E-state index contributed by atoms with van der Waals surface area (Å²) in [6.45, 7) is 2.24. The lowest BCUT2D eigenvalue weighted by atomic mass is 10.2. The second kappa shape index (κ2) is 7.85. The number of hydrogen-bond acceptors (Lipinski definition) is 5. The Balaban J connectivity index is 1.84. The van der Waals surface area contributed by atoms with Crippen molar-refractivity contribution in [1.29, 1.82) is 0 Å². The summed E-state index contributed by atoms with van der Waals surface area (Å²) in [4.78, 5) is 19.8. The molecule has 0 saturated heterocycles. The molecule has 0 fully saturated rings. The van der Waals surface area contributed by atoms with Gasteiger partial charge < -0.3 is 4.74 Å². The Hall–Kier alpha value is -2.90. The minimum Gasteiger partial charge on any atom is -0.494 e. The molecule has 2 aromatic heterocycles. The van der Waals surface area contributed by atoms with E-state index in [1.54, 1.807) is 35.9 Å². The highest BCUT2D eigenvalue weighted by Crippen LogP contribution is 2.39. The third-order valence-electron chi connectivity index (χ3n) is 4.54. The molecule has 4 aromatic rings. The number of aromatic nitrogens is 3. The van der Waals surface area contributed by atoms with Gasteiger partial charge in [0, 0.05) is 18.8 Å². The van der Waals surface area contributed by atoms with Crippen molar-refractivity contribution < 1.29 is 9.53 Å². The predicted octanol–water partition coefficient (Wildman–Crippen LogP) is 4.85. The molecule has 0 unspecified atom stereocenters. The van der Waals surface area contributed by atoms with Crippen molar-refractivity contribution in [2.24, 2.45) is 7.05 Å². The zero-order valence-electron chi connectivity index (χ0n) is 16.2. The molecule has 8 heteroatoms. The molecule has 0 radical (unpaired) electrons.